The summed E-state index contributed by atoms with van der Waals surface area (Å²) in [5.74, 6) is 1.77. The van der Waals surface area contributed by atoms with E-state index in [1.807, 2.05) is 25.2 Å². The summed E-state index contributed by atoms with van der Waals surface area (Å²) in [6.45, 7) is 3.13. The van der Waals surface area contributed by atoms with Gasteiger partial charge in [0.25, 0.3) is 5.91 Å². The molecule has 0 aromatic heterocycles. The predicted octanol–water partition coefficient (Wildman–Crippen LogP) is 3.29. The lowest BCUT2D eigenvalue weighted by Gasteiger charge is -2.28. The van der Waals surface area contributed by atoms with E-state index in [4.69, 9.17) is 0 Å². The Balaban J connectivity index is 0.00000338. The molecule has 5 nitrogen and oxygen atoms in total. The van der Waals surface area contributed by atoms with E-state index in [1.54, 1.807) is 19.0 Å². The number of amides is 1. The van der Waals surface area contributed by atoms with E-state index in [2.05, 4.69) is 28.6 Å². The van der Waals surface area contributed by atoms with Crippen LogP contribution in [0, 0.1) is 5.92 Å². The van der Waals surface area contributed by atoms with E-state index in [1.165, 1.54) is 25.7 Å². The normalized spacial score (nSPS) is 20.1. The van der Waals surface area contributed by atoms with Crippen LogP contribution in [0.15, 0.2) is 29.3 Å². The average Bonchev–Trinajstić information content (AvgIpc) is 2.62. The monoisotopic (exact) mass is 472 g/mol. The third-order valence-corrected chi connectivity index (χ3v) is 4.87. The first-order valence-electron chi connectivity index (χ1n) is 9.27. The quantitative estimate of drug-likeness (QED) is 0.393. The molecule has 0 unspecified atom stereocenters. The number of carbonyl (C=O) groups excluding carboxylic acids is 1. The molecule has 2 N–H and O–H groups in total. The highest BCUT2D eigenvalue weighted by molar-refractivity contribution is 14.0. The summed E-state index contributed by atoms with van der Waals surface area (Å²) >= 11 is 0. The van der Waals surface area contributed by atoms with Crippen LogP contribution in [0.2, 0.25) is 0 Å². The first kappa shape index (κ1) is 22.7. The van der Waals surface area contributed by atoms with Crippen molar-refractivity contribution >= 4 is 35.8 Å². The third-order valence-electron chi connectivity index (χ3n) is 4.87. The molecule has 0 bridgehead atoms. The van der Waals surface area contributed by atoms with Crippen molar-refractivity contribution in [2.24, 2.45) is 10.9 Å². The van der Waals surface area contributed by atoms with E-state index in [9.17, 15) is 4.79 Å². The summed E-state index contributed by atoms with van der Waals surface area (Å²) in [5.41, 5.74) is 1.89. The molecule has 0 aliphatic heterocycles. The molecule has 1 fully saturated rings. The topological polar surface area (TPSA) is 56.7 Å². The van der Waals surface area contributed by atoms with Crippen LogP contribution in [-0.2, 0) is 6.42 Å². The molecular weight excluding hydrogens is 439 g/mol. The molecule has 0 saturated heterocycles. The largest absolute Gasteiger partial charge is 0.356 e. The van der Waals surface area contributed by atoms with E-state index in [0.717, 1.165) is 36.0 Å². The minimum absolute atomic E-state index is 0. The van der Waals surface area contributed by atoms with Crippen LogP contribution in [-0.4, -0.2) is 50.5 Å². The van der Waals surface area contributed by atoms with Gasteiger partial charge in [-0.2, -0.15) is 0 Å². The summed E-state index contributed by atoms with van der Waals surface area (Å²) in [7, 11) is 5.37. The van der Waals surface area contributed by atoms with Crippen molar-refractivity contribution in [3.05, 3.63) is 35.4 Å². The van der Waals surface area contributed by atoms with Gasteiger partial charge in [-0.15, -0.1) is 24.0 Å². The Morgan fingerprint density at radius 3 is 2.54 bits per heavy atom. The predicted molar refractivity (Wildman–Crippen MR) is 119 cm³/mol. The van der Waals surface area contributed by atoms with Crippen LogP contribution in [0.5, 0.6) is 0 Å². The molecule has 6 heteroatoms. The summed E-state index contributed by atoms with van der Waals surface area (Å²) in [6, 6.07) is 8.38. The van der Waals surface area contributed by atoms with Gasteiger partial charge in [0.05, 0.1) is 0 Å². The Labute approximate surface area is 175 Å². The number of guanidine groups is 1. The maximum Gasteiger partial charge on any atom is 0.253 e. The number of rotatable bonds is 5. The van der Waals surface area contributed by atoms with Gasteiger partial charge in [-0.1, -0.05) is 19.1 Å². The number of nitrogens with one attached hydrogen (secondary N) is 2. The lowest BCUT2D eigenvalue weighted by atomic mass is 9.87. The van der Waals surface area contributed by atoms with Crippen molar-refractivity contribution in [3.63, 3.8) is 0 Å². The number of carbonyl (C=O) groups is 1. The van der Waals surface area contributed by atoms with Crippen LogP contribution >= 0.6 is 24.0 Å². The average molecular weight is 472 g/mol. The van der Waals surface area contributed by atoms with Crippen LogP contribution in [0.3, 0.4) is 0 Å². The Hall–Kier alpha value is -1.31. The number of benzene rings is 1. The number of nitrogens with zero attached hydrogens (tertiary/aromatic N) is 2. The van der Waals surface area contributed by atoms with Crippen molar-refractivity contribution in [3.8, 4) is 0 Å². The third kappa shape index (κ3) is 7.13. The van der Waals surface area contributed by atoms with Crippen LogP contribution < -0.4 is 10.6 Å². The van der Waals surface area contributed by atoms with Crippen LogP contribution in [0.25, 0.3) is 0 Å². The van der Waals surface area contributed by atoms with Gasteiger partial charge in [-0.3, -0.25) is 9.79 Å². The molecule has 146 valence electrons. The van der Waals surface area contributed by atoms with Crippen molar-refractivity contribution in [1.82, 2.24) is 15.5 Å². The van der Waals surface area contributed by atoms with Gasteiger partial charge in [-0.25, -0.2) is 0 Å². The molecule has 0 atom stereocenters. The van der Waals surface area contributed by atoms with Gasteiger partial charge < -0.3 is 15.5 Å². The number of aliphatic imine (C=N–C) groups is 1. The lowest BCUT2D eigenvalue weighted by molar-refractivity contribution is 0.0827. The van der Waals surface area contributed by atoms with Gasteiger partial charge in [0.15, 0.2) is 5.96 Å². The molecular formula is C20H33IN4O. The minimum Gasteiger partial charge on any atom is -0.356 e. The Bertz CT molecular complexity index is 595. The molecule has 0 spiro atoms. The molecule has 0 heterocycles. The second-order valence-electron chi connectivity index (χ2n) is 7.25. The van der Waals surface area contributed by atoms with Gasteiger partial charge >= 0.3 is 0 Å². The first-order valence-corrected chi connectivity index (χ1v) is 9.27. The number of halogens is 1. The summed E-state index contributed by atoms with van der Waals surface area (Å²) < 4.78 is 0. The summed E-state index contributed by atoms with van der Waals surface area (Å²) in [5, 5.41) is 6.93. The standard InChI is InChI=1S/C20H32N4O.HI/c1-15-8-10-18(11-9-15)23-20(21-2)22-13-12-16-6-5-7-17(14-16)19(25)24(3)4;/h5-7,14-15,18H,8-13H2,1-4H3,(H2,21,22,23);1H. The molecule has 2 rings (SSSR count). The molecule has 0 radical (unpaired) electrons. The highest BCUT2D eigenvalue weighted by atomic mass is 127. The zero-order chi connectivity index (χ0) is 18.2. The van der Waals surface area contributed by atoms with Gasteiger partial charge in [0.2, 0.25) is 0 Å². The van der Waals surface area contributed by atoms with Gasteiger partial charge in [0.1, 0.15) is 0 Å². The van der Waals surface area contributed by atoms with Crippen LogP contribution in [0.1, 0.15) is 48.5 Å². The van der Waals surface area contributed by atoms with E-state index in [0.29, 0.717) is 6.04 Å². The second kappa shape index (κ2) is 11.4. The molecule has 1 aromatic carbocycles. The highest BCUT2D eigenvalue weighted by Crippen LogP contribution is 2.23. The van der Waals surface area contributed by atoms with E-state index >= 15 is 0 Å². The lowest BCUT2D eigenvalue weighted by Crippen LogP contribution is -2.45. The maximum absolute atomic E-state index is 12.1. The Kier molecular flexibility index (Phi) is 9.98. The molecule has 1 aliphatic rings. The molecule has 1 amide bonds. The fourth-order valence-electron chi connectivity index (χ4n) is 3.24. The van der Waals surface area contributed by atoms with Crippen molar-refractivity contribution in [2.75, 3.05) is 27.7 Å². The molecule has 26 heavy (non-hydrogen) atoms. The SMILES string of the molecule is CN=C(NCCc1cccc(C(=O)N(C)C)c1)NC1CCC(C)CC1.I. The molecule has 1 aromatic rings. The summed E-state index contributed by atoms with van der Waals surface area (Å²) in [6.07, 6.45) is 5.88. The van der Waals surface area contributed by atoms with Crippen LogP contribution in [0.4, 0.5) is 0 Å². The maximum atomic E-state index is 12.1. The summed E-state index contributed by atoms with van der Waals surface area (Å²) in [4.78, 5) is 18.0. The zero-order valence-corrected chi connectivity index (χ0v) is 18.7. The van der Waals surface area contributed by atoms with E-state index < -0.39 is 0 Å². The van der Waals surface area contributed by atoms with Gasteiger partial charge in [0, 0.05) is 39.3 Å². The molecule has 1 aliphatic carbocycles. The molecule has 1 saturated carbocycles. The number of hydrogen-bond donors (Lipinski definition) is 2. The van der Waals surface area contributed by atoms with E-state index in [-0.39, 0.29) is 29.9 Å². The van der Waals surface area contributed by atoms with Crippen molar-refractivity contribution in [2.45, 2.75) is 45.1 Å². The smallest absolute Gasteiger partial charge is 0.253 e. The second-order valence-corrected chi connectivity index (χ2v) is 7.25. The van der Waals surface area contributed by atoms with Crippen molar-refractivity contribution < 1.29 is 4.79 Å². The minimum atomic E-state index is 0. The highest BCUT2D eigenvalue weighted by Gasteiger charge is 2.18. The Morgan fingerprint density at radius 2 is 1.92 bits per heavy atom. The fourth-order valence-corrected chi connectivity index (χ4v) is 3.24. The Morgan fingerprint density at radius 1 is 1.23 bits per heavy atom. The van der Waals surface area contributed by atoms with Gasteiger partial charge in [-0.05, 0) is 55.7 Å². The zero-order valence-electron chi connectivity index (χ0n) is 16.4. The first-order chi connectivity index (χ1) is 12.0. The number of hydrogen-bond acceptors (Lipinski definition) is 2. The van der Waals surface area contributed by atoms with Crippen molar-refractivity contribution in [1.29, 1.82) is 0 Å². The fraction of sp³-hybridized carbons (Fsp3) is 0.600.